The Labute approximate surface area is 60.7 Å². The maximum atomic E-state index is 10.7. The second-order valence-corrected chi connectivity index (χ2v) is 2.01. The van der Waals surface area contributed by atoms with Crippen LogP contribution in [0.1, 0.15) is 0 Å². The molecule has 0 bridgehead atoms. The quantitative estimate of drug-likeness (QED) is 0.397. The SMILES string of the molecule is CN(C)NC(=O)/C=C/CN. The van der Waals surface area contributed by atoms with Crippen molar-refractivity contribution in [1.82, 2.24) is 10.4 Å². The Hall–Kier alpha value is -0.870. The van der Waals surface area contributed by atoms with E-state index in [1.54, 1.807) is 25.2 Å². The molecule has 0 atom stereocenters. The number of rotatable bonds is 3. The lowest BCUT2D eigenvalue weighted by atomic mass is 10.5. The summed E-state index contributed by atoms with van der Waals surface area (Å²) < 4.78 is 0. The molecule has 0 heterocycles. The van der Waals surface area contributed by atoms with Crippen molar-refractivity contribution in [2.45, 2.75) is 0 Å². The van der Waals surface area contributed by atoms with Crippen LogP contribution in [0.3, 0.4) is 0 Å². The first-order valence-electron chi connectivity index (χ1n) is 3.01. The first kappa shape index (κ1) is 9.13. The summed E-state index contributed by atoms with van der Waals surface area (Å²) in [5.74, 6) is -0.157. The number of hydrogen-bond acceptors (Lipinski definition) is 3. The molecule has 0 unspecified atom stereocenters. The third-order valence-corrected chi connectivity index (χ3v) is 0.739. The molecule has 0 spiro atoms. The number of carbonyl (C=O) groups excluding carboxylic acids is 1. The second kappa shape index (κ2) is 4.96. The second-order valence-electron chi connectivity index (χ2n) is 2.01. The van der Waals surface area contributed by atoms with E-state index in [0.29, 0.717) is 6.54 Å². The summed E-state index contributed by atoms with van der Waals surface area (Å²) >= 11 is 0. The van der Waals surface area contributed by atoms with Crippen molar-refractivity contribution in [3.8, 4) is 0 Å². The first-order chi connectivity index (χ1) is 4.66. The normalized spacial score (nSPS) is 10.8. The topological polar surface area (TPSA) is 58.4 Å². The molecule has 0 rings (SSSR count). The van der Waals surface area contributed by atoms with Crippen LogP contribution in [0.25, 0.3) is 0 Å². The molecule has 3 N–H and O–H groups in total. The lowest BCUT2D eigenvalue weighted by Crippen LogP contribution is -2.34. The van der Waals surface area contributed by atoms with Gasteiger partial charge in [0, 0.05) is 26.7 Å². The molecule has 0 radical (unpaired) electrons. The highest BCUT2D eigenvalue weighted by Gasteiger charge is 1.92. The van der Waals surface area contributed by atoms with Crippen LogP contribution in [0.4, 0.5) is 0 Å². The zero-order valence-corrected chi connectivity index (χ0v) is 6.29. The highest BCUT2D eigenvalue weighted by molar-refractivity contribution is 5.86. The Kier molecular flexibility index (Phi) is 4.53. The maximum Gasteiger partial charge on any atom is 0.257 e. The van der Waals surface area contributed by atoms with Crippen molar-refractivity contribution < 1.29 is 4.79 Å². The smallest absolute Gasteiger partial charge is 0.257 e. The van der Waals surface area contributed by atoms with Gasteiger partial charge in [0.25, 0.3) is 5.91 Å². The van der Waals surface area contributed by atoms with Gasteiger partial charge in [-0.1, -0.05) is 6.08 Å². The third-order valence-electron chi connectivity index (χ3n) is 0.739. The van der Waals surface area contributed by atoms with E-state index in [4.69, 9.17) is 5.73 Å². The molecule has 58 valence electrons. The summed E-state index contributed by atoms with van der Waals surface area (Å²) in [4.78, 5) is 10.7. The molecule has 0 aliphatic heterocycles. The summed E-state index contributed by atoms with van der Waals surface area (Å²) in [5.41, 5.74) is 7.66. The number of nitrogens with two attached hydrogens (primary N) is 1. The highest BCUT2D eigenvalue weighted by atomic mass is 16.2. The first-order valence-corrected chi connectivity index (χ1v) is 3.01. The Morgan fingerprint density at radius 1 is 1.70 bits per heavy atom. The fourth-order valence-electron chi connectivity index (χ4n) is 0.433. The molecule has 1 amide bonds. The van der Waals surface area contributed by atoms with Gasteiger partial charge in [0.1, 0.15) is 0 Å². The van der Waals surface area contributed by atoms with E-state index in [-0.39, 0.29) is 5.91 Å². The summed E-state index contributed by atoms with van der Waals surface area (Å²) in [6, 6.07) is 0. The molecule has 0 aromatic carbocycles. The molecule has 0 aliphatic rings. The molecule has 10 heavy (non-hydrogen) atoms. The molecular weight excluding hydrogens is 130 g/mol. The minimum atomic E-state index is -0.157. The number of hydrazine groups is 1. The van der Waals surface area contributed by atoms with Gasteiger partial charge in [-0.2, -0.15) is 0 Å². The Bertz CT molecular complexity index is 131. The molecule has 0 saturated heterocycles. The predicted octanol–water partition coefficient (Wildman–Crippen LogP) is -0.906. The van der Waals surface area contributed by atoms with E-state index >= 15 is 0 Å². The van der Waals surface area contributed by atoms with Gasteiger partial charge >= 0.3 is 0 Å². The average molecular weight is 143 g/mol. The van der Waals surface area contributed by atoms with E-state index < -0.39 is 0 Å². The van der Waals surface area contributed by atoms with Gasteiger partial charge in [-0.3, -0.25) is 10.2 Å². The van der Waals surface area contributed by atoms with Crippen LogP contribution in [0.15, 0.2) is 12.2 Å². The zero-order valence-electron chi connectivity index (χ0n) is 6.29. The van der Waals surface area contributed by atoms with E-state index in [1.165, 1.54) is 6.08 Å². The molecule has 4 nitrogen and oxygen atoms in total. The predicted molar refractivity (Wildman–Crippen MR) is 40.0 cm³/mol. The zero-order chi connectivity index (χ0) is 7.98. The largest absolute Gasteiger partial charge is 0.327 e. The van der Waals surface area contributed by atoms with Crippen molar-refractivity contribution in [3.63, 3.8) is 0 Å². The van der Waals surface area contributed by atoms with Crippen LogP contribution in [-0.2, 0) is 4.79 Å². The molecule has 0 aromatic heterocycles. The van der Waals surface area contributed by atoms with Crippen molar-refractivity contribution in [2.24, 2.45) is 5.73 Å². The summed E-state index contributed by atoms with van der Waals surface area (Å²) in [6.07, 6.45) is 3.00. The molecule has 0 saturated carbocycles. The standard InChI is InChI=1S/C6H13N3O/c1-9(2)8-6(10)4-3-5-7/h3-4H,5,7H2,1-2H3,(H,8,10)/b4-3+. The monoisotopic (exact) mass is 143 g/mol. The number of carbonyl (C=O) groups is 1. The van der Waals surface area contributed by atoms with E-state index in [9.17, 15) is 4.79 Å². The van der Waals surface area contributed by atoms with Gasteiger partial charge in [-0.15, -0.1) is 0 Å². The molecule has 0 aliphatic carbocycles. The third kappa shape index (κ3) is 5.27. The lowest BCUT2D eigenvalue weighted by Gasteiger charge is -2.08. The van der Waals surface area contributed by atoms with Gasteiger partial charge in [0.2, 0.25) is 0 Å². The van der Waals surface area contributed by atoms with E-state index in [1.807, 2.05) is 0 Å². The Morgan fingerprint density at radius 2 is 2.30 bits per heavy atom. The van der Waals surface area contributed by atoms with Crippen LogP contribution < -0.4 is 11.2 Å². The van der Waals surface area contributed by atoms with Crippen molar-refractivity contribution in [2.75, 3.05) is 20.6 Å². The van der Waals surface area contributed by atoms with Crippen LogP contribution in [0, 0.1) is 0 Å². The van der Waals surface area contributed by atoms with Crippen molar-refractivity contribution in [3.05, 3.63) is 12.2 Å². The van der Waals surface area contributed by atoms with Gasteiger partial charge in [-0.05, 0) is 0 Å². The van der Waals surface area contributed by atoms with Gasteiger partial charge in [-0.25, -0.2) is 5.01 Å². The molecular formula is C6H13N3O. The van der Waals surface area contributed by atoms with Crippen LogP contribution in [-0.4, -0.2) is 31.6 Å². The van der Waals surface area contributed by atoms with E-state index in [2.05, 4.69) is 5.43 Å². The van der Waals surface area contributed by atoms with Crippen molar-refractivity contribution in [1.29, 1.82) is 0 Å². The van der Waals surface area contributed by atoms with Crippen molar-refractivity contribution >= 4 is 5.91 Å². The summed E-state index contributed by atoms with van der Waals surface area (Å²) in [7, 11) is 3.49. The van der Waals surface area contributed by atoms with Crippen LogP contribution in [0.5, 0.6) is 0 Å². The molecule has 0 fully saturated rings. The fraction of sp³-hybridized carbons (Fsp3) is 0.500. The van der Waals surface area contributed by atoms with Gasteiger partial charge in [0.05, 0.1) is 0 Å². The summed E-state index contributed by atoms with van der Waals surface area (Å²) in [6.45, 7) is 0.390. The molecule has 0 aromatic rings. The molecule has 4 heteroatoms. The summed E-state index contributed by atoms with van der Waals surface area (Å²) in [5, 5.41) is 1.57. The number of hydrogen-bond donors (Lipinski definition) is 2. The Balaban J connectivity index is 3.54. The lowest BCUT2D eigenvalue weighted by molar-refractivity contribution is -0.120. The van der Waals surface area contributed by atoms with Crippen LogP contribution >= 0.6 is 0 Å². The minimum Gasteiger partial charge on any atom is -0.327 e. The fourth-order valence-corrected chi connectivity index (χ4v) is 0.433. The maximum absolute atomic E-state index is 10.7. The minimum absolute atomic E-state index is 0.157. The van der Waals surface area contributed by atoms with Crippen LogP contribution in [0.2, 0.25) is 0 Å². The average Bonchev–Trinajstić information content (AvgIpc) is 1.82. The van der Waals surface area contributed by atoms with E-state index in [0.717, 1.165) is 0 Å². The number of nitrogens with zero attached hydrogens (tertiary/aromatic N) is 1. The van der Waals surface area contributed by atoms with Gasteiger partial charge in [0.15, 0.2) is 0 Å². The number of nitrogens with one attached hydrogen (secondary N) is 1. The highest BCUT2D eigenvalue weighted by Crippen LogP contribution is 1.71. The van der Waals surface area contributed by atoms with Gasteiger partial charge < -0.3 is 5.73 Å². The number of amides is 1. The Morgan fingerprint density at radius 3 is 2.70 bits per heavy atom.